The summed E-state index contributed by atoms with van der Waals surface area (Å²) in [6, 6.07) is 8.94. The zero-order valence-corrected chi connectivity index (χ0v) is 19.1. The van der Waals surface area contributed by atoms with E-state index in [4.69, 9.17) is 16.3 Å². The molecular weight excluding hydrogens is 488 g/mol. The molecule has 1 spiro atoms. The minimum atomic E-state index is -4.30. The maximum absolute atomic E-state index is 14.3. The van der Waals surface area contributed by atoms with Gasteiger partial charge in [-0.25, -0.2) is 17.2 Å². The first-order valence-electron chi connectivity index (χ1n) is 10.4. The van der Waals surface area contributed by atoms with E-state index >= 15 is 0 Å². The number of nitrogens with one attached hydrogen (secondary N) is 2. The zero-order chi connectivity index (χ0) is 24.1. The van der Waals surface area contributed by atoms with E-state index in [1.807, 2.05) is 0 Å². The molecule has 11 heteroatoms. The van der Waals surface area contributed by atoms with Crippen LogP contribution < -0.4 is 14.8 Å². The molecule has 1 aliphatic carbocycles. The number of ether oxygens (including phenoxy) is 1. The van der Waals surface area contributed by atoms with Crippen LogP contribution in [0.5, 0.6) is 5.75 Å². The largest absolute Gasteiger partial charge is 0.485 e. The summed E-state index contributed by atoms with van der Waals surface area (Å²) in [7, 11) is -4.30. The molecule has 1 saturated carbocycles. The van der Waals surface area contributed by atoms with Crippen molar-refractivity contribution >= 4 is 38.9 Å². The minimum absolute atomic E-state index is 0.0440. The molecule has 0 bridgehead atoms. The summed E-state index contributed by atoms with van der Waals surface area (Å²) in [5, 5.41) is 2.91. The molecule has 34 heavy (non-hydrogen) atoms. The number of halogens is 3. The van der Waals surface area contributed by atoms with Crippen molar-refractivity contribution in [3.8, 4) is 5.75 Å². The van der Waals surface area contributed by atoms with Crippen LogP contribution in [0.1, 0.15) is 30.5 Å². The molecule has 0 radical (unpaired) electrons. The van der Waals surface area contributed by atoms with Crippen molar-refractivity contribution in [3.63, 3.8) is 0 Å². The molecule has 1 aromatic heterocycles. The quantitative estimate of drug-likeness (QED) is 0.503. The molecule has 2 aliphatic rings. The van der Waals surface area contributed by atoms with Crippen LogP contribution in [0, 0.1) is 11.6 Å². The number of carbonyl (C=O) groups is 1. The molecule has 0 atom stereocenters. The van der Waals surface area contributed by atoms with E-state index in [-0.39, 0.29) is 29.0 Å². The number of benzene rings is 2. The third kappa shape index (κ3) is 3.86. The summed E-state index contributed by atoms with van der Waals surface area (Å²) in [4.78, 5) is 16.2. The minimum Gasteiger partial charge on any atom is -0.485 e. The van der Waals surface area contributed by atoms with Gasteiger partial charge in [-0.1, -0.05) is 18.0 Å². The van der Waals surface area contributed by atoms with Gasteiger partial charge in [-0.3, -0.25) is 14.5 Å². The Morgan fingerprint density at radius 1 is 1.15 bits per heavy atom. The maximum Gasteiger partial charge on any atom is 0.264 e. The fraction of sp³-hybridized carbons (Fsp3) is 0.217. The summed E-state index contributed by atoms with van der Waals surface area (Å²) >= 11 is 5.74. The van der Waals surface area contributed by atoms with E-state index < -0.39 is 32.0 Å². The Balaban J connectivity index is 1.52. The second-order valence-electron chi connectivity index (χ2n) is 8.22. The van der Waals surface area contributed by atoms with Crippen LogP contribution in [-0.2, 0) is 26.8 Å². The summed E-state index contributed by atoms with van der Waals surface area (Å²) in [6.45, 7) is -0.0440. The van der Waals surface area contributed by atoms with Gasteiger partial charge in [0, 0.05) is 11.1 Å². The topological polar surface area (TPSA) is 97.4 Å². The molecule has 2 aromatic carbocycles. The molecule has 7 nitrogen and oxygen atoms in total. The lowest BCUT2D eigenvalue weighted by atomic mass is 9.65. The highest BCUT2D eigenvalue weighted by atomic mass is 35.5. The fourth-order valence-corrected chi connectivity index (χ4v) is 5.48. The van der Waals surface area contributed by atoms with E-state index in [0.29, 0.717) is 29.8 Å². The lowest BCUT2D eigenvalue weighted by Crippen LogP contribution is -2.40. The molecule has 1 amide bonds. The van der Waals surface area contributed by atoms with Gasteiger partial charge in [0.15, 0.2) is 0 Å². The van der Waals surface area contributed by atoms with E-state index in [9.17, 15) is 22.0 Å². The third-order valence-electron chi connectivity index (χ3n) is 6.10. The zero-order valence-electron chi connectivity index (χ0n) is 17.6. The van der Waals surface area contributed by atoms with Crippen molar-refractivity contribution in [3.05, 3.63) is 76.6 Å². The second kappa shape index (κ2) is 8.21. The Hall–Kier alpha value is -3.24. The van der Waals surface area contributed by atoms with Gasteiger partial charge in [-0.2, -0.15) is 0 Å². The van der Waals surface area contributed by atoms with E-state index in [1.54, 1.807) is 6.07 Å². The smallest absolute Gasteiger partial charge is 0.264 e. The van der Waals surface area contributed by atoms with E-state index in [2.05, 4.69) is 15.0 Å². The summed E-state index contributed by atoms with van der Waals surface area (Å²) < 4.78 is 61.5. The number of hydrogen-bond donors (Lipinski definition) is 2. The first-order valence-corrected chi connectivity index (χ1v) is 12.3. The number of anilines is 2. The molecule has 1 aliphatic heterocycles. The SMILES string of the molecule is O=C1Nc2c(OCc3ccc(F)cn3)cc(NS(=O)(=O)c3ccc(Cl)cc3F)cc2C12CCC2. The first-order chi connectivity index (χ1) is 16.2. The number of sulfonamides is 1. The Morgan fingerprint density at radius 2 is 1.94 bits per heavy atom. The van der Waals surface area contributed by atoms with Crippen molar-refractivity contribution in [2.45, 2.75) is 36.2 Å². The number of nitrogens with zero attached hydrogens (tertiary/aromatic N) is 1. The Morgan fingerprint density at radius 3 is 2.59 bits per heavy atom. The average Bonchev–Trinajstić information content (AvgIpc) is 3.04. The Bertz CT molecular complexity index is 1410. The highest BCUT2D eigenvalue weighted by molar-refractivity contribution is 7.92. The van der Waals surface area contributed by atoms with Crippen LogP contribution in [0.2, 0.25) is 5.02 Å². The number of carbonyl (C=O) groups excluding carboxylic acids is 1. The van der Waals surface area contributed by atoms with Crippen LogP contribution in [0.3, 0.4) is 0 Å². The van der Waals surface area contributed by atoms with Crippen molar-refractivity contribution < 1.29 is 26.7 Å². The van der Waals surface area contributed by atoms with Crippen LogP contribution in [-0.4, -0.2) is 19.3 Å². The van der Waals surface area contributed by atoms with Gasteiger partial charge in [0.05, 0.1) is 28.7 Å². The normalized spacial score (nSPS) is 16.0. The predicted octanol–water partition coefficient (Wildman–Crippen LogP) is 4.77. The monoisotopic (exact) mass is 505 g/mol. The molecule has 1 fully saturated rings. The van der Waals surface area contributed by atoms with Crippen LogP contribution in [0.25, 0.3) is 0 Å². The van der Waals surface area contributed by atoms with Crippen LogP contribution >= 0.6 is 11.6 Å². The molecule has 2 N–H and O–H groups in total. The Labute approximate surface area is 199 Å². The molecule has 3 aromatic rings. The van der Waals surface area contributed by atoms with Gasteiger partial charge in [0.25, 0.3) is 10.0 Å². The Kier molecular flexibility index (Phi) is 5.44. The first kappa shape index (κ1) is 22.5. The molecule has 176 valence electrons. The van der Waals surface area contributed by atoms with Gasteiger partial charge in [-0.05, 0) is 54.8 Å². The van der Waals surface area contributed by atoms with Crippen molar-refractivity contribution in [1.82, 2.24) is 4.98 Å². The lowest BCUT2D eigenvalue weighted by Gasteiger charge is -2.36. The number of rotatable bonds is 6. The van der Waals surface area contributed by atoms with Crippen molar-refractivity contribution in [1.29, 1.82) is 0 Å². The van der Waals surface area contributed by atoms with Gasteiger partial charge >= 0.3 is 0 Å². The third-order valence-corrected chi connectivity index (χ3v) is 7.75. The number of fused-ring (bicyclic) bond motifs is 2. The average molecular weight is 506 g/mol. The van der Waals surface area contributed by atoms with Crippen molar-refractivity contribution in [2.24, 2.45) is 0 Å². The molecule has 5 rings (SSSR count). The standard InChI is InChI=1S/C23H18ClF2N3O4S/c24-13-2-5-20(18(26)8-13)34(31,32)29-16-9-17-21(28-22(30)23(17)6-1-7-23)19(10-16)33-12-15-4-3-14(25)11-27-15/h2-5,8-11,29H,1,6-7,12H2,(H,28,30). The van der Waals surface area contributed by atoms with Gasteiger partial charge in [0.2, 0.25) is 5.91 Å². The highest BCUT2D eigenvalue weighted by Crippen LogP contribution is 2.54. The van der Waals surface area contributed by atoms with E-state index in [0.717, 1.165) is 24.8 Å². The number of aromatic nitrogens is 1. The molecule has 0 saturated heterocycles. The number of amides is 1. The lowest BCUT2D eigenvalue weighted by molar-refractivity contribution is -0.123. The summed E-state index contributed by atoms with van der Waals surface area (Å²) in [5.41, 5.74) is 0.856. The van der Waals surface area contributed by atoms with E-state index in [1.165, 1.54) is 24.3 Å². The molecular formula is C23H18ClF2N3O4S. The highest BCUT2D eigenvalue weighted by Gasteiger charge is 2.52. The predicted molar refractivity (Wildman–Crippen MR) is 121 cm³/mol. The summed E-state index contributed by atoms with van der Waals surface area (Å²) in [6.07, 6.45) is 3.15. The number of hydrogen-bond acceptors (Lipinski definition) is 5. The van der Waals surface area contributed by atoms with Gasteiger partial charge < -0.3 is 10.1 Å². The number of pyridine rings is 1. The van der Waals surface area contributed by atoms with Gasteiger partial charge in [-0.15, -0.1) is 0 Å². The second-order valence-corrected chi connectivity index (χ2v) is 10.3. The van der Waals surface area contributed by atoms with Crippen LogP contribution in [0.15, 0.2) is 53.6 Å². The molecule has 0 unspecified atom stereocenters. The van der Waals surface area contributed by atoms with Crippen LogP contribution in [0.4, 0.5) is 20.2 Å². The van der Waals surface area contributed by atoms with Gasteiger partial charge in [0.1, 0.15) is 28.9 Å². The summed E-state index contributed by atoms with van der Waals surface area (Å²) in [5.74, 6) is -1.45. The fourth-order valence-electron chi connectivity index (χ4n) is 4.22. The maximum atomic E-state index is 14.3. The van der Waals surface area contributed by atoms with Crippen molar-refractivity contribution in [2.75, 3.05) is 10.0 Å². The molecule has 2 heterocycles.